The SMILES string of the molecule is CC(CN)(NC(=O)Cn1ccc(=O)c2ccccc21)C1CC1. The number of hydrogen-bond acceptors (Lipinski definition) is 3. The third-order valence-corrected chi connectivity index (χ3v) is 4.53. The molecule has 1 amide bonds. The van der Waals surface area contributed by atoms with Gasteiger partial charge < -0.3 is 15.6 Å². The second-order valence-corrected chi connectivity index (χ2v) is 6.27. The fraction of sp³-hybridized carbons (Fsp3) is 0.412. The highest BCUT2D eigenvalue weighted by atomic mass is 16.2. The number of nitrogens with two attached hydrogens (primary N) is 1. The topological polar surface area (TPSA) is 77.1 Å². The molecule has 5 heteroatoms. The molecule has 5 nitrogen and oxygen atoms in total. The van der Waals surface area contributed by atoms with Gasteiger partial charge in [-0.1, -0.05) is 12.1 Å². The lowest BCUT2D eigenvalue weighted by atomic mass is 9.96. The zero-order chi connectivity index (χ0) is 15.7. The van der Waals surface area contributed by atoms with Crippen molar-refractivity contribution in [3.05, 3.63) is 46.8 Å². The molecule has 0 spiro atoms. The normalized spacial score (nSPS) is 17.2. The number of carbonyl (C=O) groups is 1. The molecule has 22 heavy (non-hydrogen) atoms. The van der Waals surface area contributed by atoms with Crippen molar-refractivity contribution in [1.29, 1.82) is 0 Å². The third-order valence-electron chi connectivity index (χ3n) is 4.53. The first-order valence-electron chi connectivity index (χ1n) is 7.63. The predicted octanol–water partition coefficient (Wildman–Crippen LogP) is 1.25. The maximum atomic E-state index is 12.4. The largest absolute Gasteiger partial charge is 0.348 e. The minimum Gasteiger partial charge on any atom is -0.348 e. The van der Waals surface area contributed by atoms with E-state index >= 15 is 0 Å². The number of nitrogens with one attached hydrogen (secondary N) is 1. The molecule has 3 rings (SSSR count). The van der Waals surface area contributed by atoms with Crippen LogP contribution in [0.25, 0.3) is 10.9 Å². The Labute approximate surface area is 129 Å². The van der Waals surface area contributed by atoms with Crippen molar-refractivity contribution in [1.82, 2.24) is 9.88 Å². The van der Waals surface area contributed by atoms with E-state index in [1.165, 1.54) is 6.07 Å². The smallest absolute Gasteiger partial charge is 0.240 e. The molecule has 3 N–H and O–H groups in total. The highest BCUT2D eigenvalue weighted by Gasteiger charge is 2.41. The Bertz CT molecular complexity index is 764. The predicted molar refractivity (Wildman–Crippen MR) is 86.5 cm³/mol. The van der Waals surface area contributed by atoms with Gasteiger partial charge in [-0.15, -0.1) is 0 Å². The Balaban J connectivity index is 1.83. The van der Waals surface area contributed by atoms with E-state index in [9.17, 15) is 9.59 Å². The van der Waals surface area contributed by atoms with Gasteiger partial charge in [-0.3, -0.25) is 9.59 Å². The van der Waals surface area contributed by atoms with Crippen molar-refractivity contribution >= 4 is 16.8 Å². The number of amides is 1. The van der Waals surface area contributed by atoms with Crippen molar-refractivity contribution in [2.75, 3.05) is 6.54 Å². The van der Waals surface area contributed by atoms with Crippen LogP contribution in [0.5, 0.6) is 0 Å². The van der Waals surface area contributed by atoms with E-state index in [1.54, 1.807) is 16.8 Å². The standard InChI is InChI=1S/C17H21N3O2/c1-17(11-18,12-6-7-12)19-16(22)10-20-9-8-15(21)13-4-2-3-5-14(13)20/h2-5,8-9,12H,6-7,10-11,18H2,1H3,(H,19,22). The molecule has 0 bridgehead atoms. The van der Waals surface area contributed by atoms with Gasteiger partial charge in [0, 0.05) is 24.2 Å². The summed E-state index contributed by atoms with van der Waals surface area (Å²) in [6, 6.07) is 8.82. The lowest BCUT2D eigenvalue weighted by Gasteiger charge is -2.29. The first-order valence-corrected chi connectivity index (χ1v) is 7.63. The van der Waals surface area contributed by atoms with Crippen molar-refractivity contribution in [3.63, 3.8) is 0 Å². The van der Waals surface area contributed by atoms with E-state index in [4.69, 9.17) is 5.73 Å². The second kappa shape index (κ2) is 5.57. The fourth-order valence-electron chi connectivity index (χ4n) is 2.95. The Morgan fingerprint density at radius 3 is 2.77 bits per heavy atom. The summed E-state index contributed by atoms with van der Waals surface area (Å²) >= 11 is 0. The van der Waals surface area contributed by atoms with E-state index in [1.807, 2.05) is 25.1 Å². The van der Waals surface area contributed by atoms with E-state index in [0.717, 1.165) is 18.4 Å². The Hall–Kier alpha value is -2.14. The molecule has 1 aromatic heterocycles. The maximum absolute atomic E-state index is 12.4. The molecule has 1 aromatic carbocycles. The average molecular weight is 299 g/mol. The monoisotopic (exact) mass is 299 g/mol. The number of hydrogen-bond donors (Lipinski definition) is 2. The van der Waals surface area contributed by atoms with Crippen LogP contribution in [0.1, 0.15) is 19.8 Å². The minimum atomic E-state index is -0.327. The molecule has 1 fully saturated rings. The first kappa shape index (κ1) is 14.8. The summed E-state index contributed by atoms with van der Waals surface area (Å²) in [6.45, 7) is 2.63. The Kier molecular flexibility index (Phi) is 3.74. The summed E-state index contributed by atoms with van der Waals surface area (Å²) < 4.78 is 1.80. The molecule has 116 valence electrons. The van der Waals surface area contributed by atoms with Crippen molar-refractivity contribution in [2.24, 2.45) is 11.7 Å². The number of rotatable bonds is 5. The molecule has 1 heterocycles. The average Bonchev–Trinajstić information content (AvgIpc) is 3.35. The van der Waals surface area contributed by atoms with Gasteiger partial charge in [0.15, 0.2) is 5.43 Å². The molecule has 1 aliphatic carbocycles. The summed E-state index contributed by atoms with van der Waals surface area (Å²) in [6.07, 6.45) is 3.91. The van der Waals surface area contributed by atoms with Crippen LogP contribution in [-0.4, -0.2) is 22.6 Å². The maximum Gasteiger partial charge on any atom is 0.240 e. The number of benzene rings is 1. The van der Waals surface area contributed by atoms with Crippen LogP contribution in [0.15, 0.2) is 41.3 Å². The van der Waals surface area contributed by atoms with Gasteiger partial charge in [-0.2, -0.15) is 0 Å². The molecule has 2 aromatic rings. The number of pyridine rings is 1. The van der Waals surface area contributed by atoms with Gasteiger partial charge in [-0.25, -0.2) is 0 Å². The van der Waals surface area contributed by atoms with E-state index in [-0.39, 0.29) is 23.4 Å². The number of fused-ring (bicyclic) bond motifs is 1. The Morgan fingerprint density at radius 2 is 2.09 bits per heavy atom. The van der Waals surface area contributed by atoms with E-state index in [0.29, 0.717) is 17.8 Å². The summed E-state index contributed by atoms with van der Waals surface area (Å²) in [4.78, 5) is 24.2. The third kappa shape index (κ3) is 2.76. The summed E-state index contributed by atoms with van der Waals surface area (Å²) in [5, 5.41) is 3.70. The molecular weight excluding hydrogens is 278 g/mol. The number of para-hydroxylation sites is 1. The molecule has 1 unspecified atom stereocenters. The van der Waals surface area contributed by atoms with Gasteiger partial charge in [0.2, 0.25) is 5.91 Å². The molecule has 1 saturated carbocycles. The lowest BCUT2D eigenvalue weighted by molar-refractivity contribution is -0.123. The number of nitrogens with zero attached hydrogens (tertiary/aromatic N) is 1. The molecule has 1 atom stereocenters. The van der Waals surface area contributed by atoms with Crippen molar-refractivity contribution < 1.29 is 4.79 Å². The fourth-order valence-corrected chi connectivity index (χ4v) is 2.95. The second-order valence-electron chi connectivity index (χ2n) is 6.27. The van der Waals surface area contributed by atoms with Gasteiger partial charge in [0.1, 0.15) is 6.54 Å². The quantitative estimate of drug-likeness (QED) is 0.872. The number of aromatic nitrogens is 1. The summed E-state index contributed by atoms with van der Waals surface area (Å²) in [7, 11) is 0. The molecule has 0 radical (unpaired) electrons. The lowest BCUT2D eigenvalue weighted by Crippen LogP contribution is -2.53. The van der Waals surface area contributed by atoms with Crippen LogP contribution in [0, 0.1) is 5.92 Å². The summed E-state index contributed by atoms with van der Waals surface area (Å²) in [5.41, 5.74) is 6.25. The van der Waals surface area contributed by atoms with Gasteiger partial charge in [0.05, 0.1) is 11.1 Å². The van der Waals surface area contributed by atoms with Crippen LogP contribution >= 0.6 is 0 Å². The van der Waals surface area contributed by atoms with Crippen LogP contribution in [0.4, 0.5) is 0 Å². The Morgan fingerprint density at radius 1 is 1.36 bits per heavy atom. The highest BCUT2D eigenvalue weighted by Crippen LogP contribution is 2.38. The first-order chi connectivity index (χ1) is 10.5. The zero-order valence-electron chi connectivity index (χ0n) is 12.7. The van der Waals surface area contributed by atoms with Gasteiger partial charge >= 0.3 is 0 Å². The van der Waals surface area contributed by atoms with Crippen LogP contribution in [-0.2, 0) is 11.3 Å². The van der Waals surface area contributed by atoms with E-state index < -0.39 is 0 Å². The minimum absolute atomic E-state index is 0.0305. The highest BCUT2D eigenvalue weighted by molar-refractivity contribution is 5.82. The molecule has 0 saturated heterocycles. The van der Waals surface area contributed by atoms with Crippen LogP contribution in [0.3, 0.4) is 0 Å². The van der Waals surface area contributed by atoms with Gasteiger partial charge in [0.25, 0.3) is 0 Å². The molecule has 0 aliphatic heterocycles. The molecule has 1 aliphatic rings. The zero-order valence-corrected chi connectivity index (χ0v) is 12.7. The van der Waals surface area contributed by atoms with Crippen molar-refractivity contribution in [2.45, 2.75) is 31.8 Å². The number of carbonyl (C=O) groups excluding carboxylic acids is 1. The van der Waals surface area contributed by atoms with Crippen LogP contribution < -0.4 is 16.5 Å². The van der Waals surface area contributed by atoms with Crippen molar-refractivity contribution in [3.8, 4) is 0 Å². The van der Waals surface area contributed by atoms with Gasteiger partial charge in [-0.05, 0) is 37.8 Å². The molecular formula is C17H21N3O2. The van der Waals surface area contributed by atoms with E-state index in [2.05, 4.69) is 5.32 Å². The van der Waals surface area contributed by atoms with Crippen LogP contribution in [0.2, 0.25) is 0 Å². The summed E-state index contributed by atoms with van der Waals surface area (Å²) in [5.74, 6) is 0.404.